The molecule has 22 heavy (non-hydrogen) atoms. The minimum Gasteiger partial charge on any atom is -0.384 e. The van der Waals surface area contributed by atoms with Crippen LogP contribution in [0.2, 0.25) is 0 Å². The minimum atomic E-state index is -0.764. The van der Waals surface area contributed by atoms with Crippen LogP contribution in [0.1, 0.15) is 56.9 Å². The first-order chi connectivity index (χ1) is 10.8. The average Bonchev–Trinajstić information content (AvgIpc) is 3.12. The summed E-state index contributed by atoms with van der Waals surface area (Å²) in [5, 5.41) is 11.4. The van der Waals surface area contributed by atoms with Gasteiger partial charge in [0.1, 0.15) is 11.6 Å². The molecule has 118 valence electrons. The Labute approximate surface area is 134 Å². The van der Waals surface area contributed by atoms with Crippen molar-refractivity contribution in [3.63, 3.8) is 0 Å². The molecule has 1 aromatic rings. The van der Waals surface area contributed by atoms with Crippen molar-refractivity contribution in [2.24, 2.45) is 5.92 Å². The fraction of sp³-hybridized carbons (Fsp3) is 0.600. The number of likely N-dealkylation sites (tertiary alicyclic amines) is 1. The van der Waals surface area contributed by atoms with Gasteiger partial charge in [-0.3, -0.25) is 4.90 Å². The number of benzene rings is 1. The SMILES string of the molecule is OC(CC#C[NH+]1CCCCC1)(c1ccccc1)C1CCCC1. The molecule has 2 aliphatic rings. The van der Waals surface area contributed by atoms with Gasteiger partial charge < -0.3 is 5.11 Å². The summed E-state index contributed by atoms with van der Waals surface area (Å²) in [4.78, 5) is 1.40. The first-order valence-corrected chi connectivity index (χ1v) is 8.90. The zero-order valence-corrected chi connectivity index (χ0v) is 13.5. The van der Waals surface area contributed by atoms with Gasteiger partial charge in [0.05, 0.1) is 13.1 Å². The predicted octanol–water partition coefficient (Wildman–Crippen LogP) is 2.48. The lowest BCUT2D eigenvalue weighted by Gasteiger charge is -2.33. The zero-order chi connectivity index (χ0) is 15.3. The predicted molar refractivity (Wildman–Crippen MR) is 89.2 cm³/mol. The Morgan fingerprint density at radius 2 is 1.68 bits per heavy atom. The molecule has 0 spiro atoms. The van der Waals surface area contributed by atoms with Gasteiger partial charge in [0.25, 0.3) is 0 Å². The molecule has 3 rings (SSSR count). The highest BCUT2D eigenvalue weighted by Gasteiger charge is 2.39. The molecule has 2 N–H and O–H groups in total. The van der Waals surface area contributed by atoms with Crippen LogP contribution in [-0.4, -0.2) is 18.2 Å². The van der Waals surface area contributed by atoms with Crippen LogP contribution < -0.4 is 4.90 Å². The molecular weight excluding hydrogens is 270 g/mol. The lowest BCUT2D eigenvalue weighted by Crippen LogP contribution is -3.09. The van der Waals surface area contributed by atoms with E-state index in [4.69, 9.17) is 0 Å². The number of hydrogen-bond donors (Lipinski definition) is 2. The quantitative estimate of drug-likeness (QED) is 0.823. The zero-order valence-electron chi connectivity index (χ0n) is 13.5. The Morgan fingerprint density at radius 1 is 1.00 bits per heavy atom. The second-order valence-electron chi connectivity index (χ2n) is 6.91. The molecule has 2 heteroatoms. The highest BCUT2D eigenvalue weighted by atomic mass is 16.3. The van der Waals surface area contributed by atoms with E-state index in [9.17, 15) is 5.11 Å². The van der Waals surface area contributed by atoms with Crippen LogP contribution in [0.4, 0.5) is 0 Å². The summed E-state index contributed by atoms with van der Waals surface area (Å²) in [5.41, 5.74) is 0.282. The third kappa shape index (κ3) is 3.54. The van der Waals surface area contributed by atoms with Crippen LogP contribution in [-0.2, 0) is 5.60 Å². The normalized spacial score (nSPS) is 22.8. The van der Waals surface area contributed by atoms with E-state index >= 15 is 0 Å². The van der Waals surface area contributed by atoms with E-state index in [-0.39, 0.29) is 0 Å². The second kappa shape index (κ2) is 7.31. The van der Waals surface area contributed by atoms with E-state index in [1.807, 2.05) is 18.2 Å². The molecule has 1 unspecified atom stereocenters. The van der Waals surface area contributed by atoms with Crippen molar-refractivity contribution < 1.29 is 10.0 Å². The van der Waals surface area contributed by atoms with Gasteiger partial charge in [-0.05, 0) is 49.5 Å². The summed E-state index contributed by atoms with van der Waals surface area (Å²) in [5.74, 6) is 3.70. The van der Waals surface area contributed by atoms with E-state index < -0.39 is 5.60 Å². The Bertz CT molecular complexity index is 518. The molecule has 1 aliphatic carbocycles. The van der Waals surface area contributed by atoms with Crippen molar-refractivity contribution in [2.45, 2.75) is 57.0 Å². The molecule has 0 amide bonds. The fourth-order valence-corrected chi connectivity index (χ4v) is 4.02. The van der Waals surface area contributed by atoms with E-state index in [1.54, 1.807) is 0 Å². The van der Waals surface area contributed by atoms with Gasteiger partial charge in [-0.2, -0.15) is 0 Å². The molecule has 0 bridgehead atoms. The van der Waals surface area contributed by atoms with Gasteiger partial charge in [0, 0.05) is 6.42 Å². The molecule has 2 fully saturated rings. The van der Waals surface area contributed by atoms with Crippen molar-refractivity contribution >= 4 is 0 Å². The number of aliphatic hydroxyl groups is 1. The Hall–Kier alpha value is -1.30. The van der Waals surface area contributed by atoms with Gasteiger partial charge >= 0.3 is 0 Å². The number of hydrogen-bond acceptors (Lipinski definition) is 1. The van der Waals surface area contributed by atoms with Crippen LogP contribution in [0.3, 0.4) is 0 Å². The minimum absolute atomic E-state index is 0.362. The van der Waals surface area contributed by atoms with Gasteiger partial charge in [-0.25, -0.2) is 0 Å². The first-order valence-electron chi connectivity index (χ1n) is 8.90. The molecule has 0 aromatic heterocycles. The maximum atomic E-state index is 11.4. The molecule has 1 saturated carbocycles. The van der Waals surface area contributed by atoms with E-state index in [0.29, 0.717) is 12.3 Å². The van der Waals surface area contributed by atoms with Gasteiger partial charge in [-0.15, -0.1) is 0 Å². The molecular formula is C20H28NO+. The average molecular weight is 298 g/mol. The van der Waals surface area contributed by atoms with E-state index in [1.165, 1.54) is 50.1 Å². The van der Waals surface area contributed by atoms with Crippen LogP contribution in [0.5, 0.6) is 0 Å². The lowest BCUT2D eigenvalue weighted by molar-refractivity contribution is -0.835. The van der Waals surface area contributed by atoms with Crippen molar-refractivity contribution in [2.75, 3.05) is 13.1 Å². The van der Waals surface area contributed by atoms with Crippen LogP contribution in [0, 0.1) is 17.9 Å². The first kappa shape index (κ1) is 15.6. The van der Waals surface area contributed by atoms with Crippen molar-refractivity contribution in [1.29, 1.82) is 0 Å². The van der Waals surface area contributed by atoms with Crippen molar-refractivity contribution in [3.8, 4) is 12.0 Å². The molecule has 1 aliphatic heterocycles. The van der Waals surface area contributed by atoms with E-state index in [0.717, 1.165) is 18.4 Å². The van der Waals surface area contributed by atoms with Gasteiger partial charge in [0.15, 0.2) is 0 Å². The maximum Gasteiger partial charge on any atom is 0.135 e. The van der Waals surface area contributed by atoms with Crippen LogP contribution in [0.15, 0.2) is 30.3 Å². The number of nitrogens with one attached hydrogen (secondary N) is 1. The summed E-state index contributed by atoms with van der Waals surface area (Å²) in [6, 6.07) is 13.6. The van der Waals surface area contributed by atoms with Gasteiger partial charge in [0.2, 0.25) is 0 Å². The van der Waals surface area contributed by atoms with Crippen molar-refractivity contribution in [3.05, 3.63) is 35.9 Å². The van der Waals surface area contributed by atoms with Crippen molar-refractivity contribution in [1.82, 2.24) is 0 Å². The summed E-state index contributed by atoms with van der Waals surface area (Å²) < 4.78 is 0. The Balaban J connectivity index is 1.75. The van der Waals surface area contributed by atoms with E-state index in [2.05, 4.69) is 24.1 Å². The third-order valence-corrected chi connectivity index (χ3v) is 5.38. The standard InChI is InChI=1S/C20H27NO/c22-20(19-12-5-6-13-19,18-10-3-1-4-11-18)14-9-17-21-15-7-2-8-16-21/h1,3-4,10-11,19,22H,2,5-8,12-16H2/p+1. The monoisotopic (exact) mass is 298 g/mol. The number of rotatable bonds is 3. The summed E-state index contributed by atoms with van der Waals surface area (Å²) in [6.45, 7) is 2.33. The fourth-order valence-electron chi connectivity index (χ4n) is 4.02. The molecule has 1 aromatic carbocycles. The summed E-state index contributed by atoms with van der Waals surface area (Å²) in [6.07, 6.45) is 9.24. The molecule has 2 nitrogen and oxygen atoms in total. The molecule has 1 atom stereocenters. The summed E-state index contributed by atoms with van der Waals surface area (Å²) in [7, 11) is 0. The highest BCUT2D eigenvalue weighted by Crippen LogP contribution is 2.42. The topological polar surface area (TPSA) is 24.7 Å². The number of quaternary nitrogens is 1. The largest absolute Gasteiger partial charge is 0.384 e. The second-order valence-corrected chi connectivity index (χ2v) is 6.91. The highest BCUT2D eigenvalue weighted by molar-refractivity contribution is 5.25. The summed E-state index contributed by atoms with van der Waals surface area (Å²) >= 11 is 0. The number of piperidine rings is 1. The molecule has 1 heterocycles. The Morgan fingerprint density at radius 3 is 2.36 bits per heavy atom. The smallest absolute Gasteiger partial charge is 0.135 e. The van der Waals surface area contributed by atoms with Gasteiger partial charge in [-0.1, -0.05) is 43.2 Å². The lowest BCUT2D eigenvalue weighted by atomic mass is 9.78. The third-order valence-electron chi connectivity index (χ3n) is 5.38. The molecule has 0 radical (unpaired) electrons. The molecule has 1 saturated heterocycles. The van der Waals surface area contributed by atoms with Crippen LogP contribution >= 0.6 is 0 Å². The maximum absolute atomic E-state index is 11.4. The Kier molecular flexibility index (Phi) is 5.18. The van der Waals surface area contributed by atoms with Crippen LogP contribution in [0.25, 0.3) is 0 Å².